The molecule has 2 heterocycles. The lowest BCUT2D eigenvalue weighted by Gasteiger charge is -2.54. The Labute approximate surface area is 198 Å². The Hall–Kier alpha value is -3.46. The van der Waals surface area contributed by atoms with Crippen LogP contribution in [-0.4, -0.2) is 70.5 Å². The summed E-state index contributed by atoms with van der Waals surface area (Å²) < 4.78 is 13.2. The van der Waals surface area contributed by atoms with Gasteiger partial charge in [-0.2, -0.15) is 0 Å². The van der Waals surface area contributed by atoms with Crippen LogP contribution in [0.15, 0.2) is 54.6 Å². The molecule has 4 rings (SSSR count). The lowest BCUT2D eigenvalue weighted by atomic mass is 9.98. The number of halogens is 1. The van der Waals surface area contributed by atoms with Gasteiger partial charge in [-0.15, -0.1) is 0 Å². The molecule has 34 heavy (non-hydrogen) atoms. The van der Waals surface area contributed by atoms with Crippen LogP contribution in [0.1, 0.15) is 31.0 Å². The van der Waals surface area contributed by atoms with Crippen LogP contribution in [0, 0.1) is 11.7 Å². The van der Waals surface area contributed by atoms with Gasteiger partial charge in [0.05, 0.1) is 13.1 Å². The second kappa shape index (κ2) is 9.80. The van der Waals surface area contributed by atoms with E-state index < -0.39 is 12.2 Å². The third kappa shape index (κ3) is 4.75. The molecule has 0 aliphatic carbocycles. The van der Waals surface area contributed by atoms with Crippen molar-refractivity contribution in [2.45, 2.75) is 32.6 Å². The first kappa shape index (κ1) is 23.7. The summed E-state index contributed by atoms with van der Waals surface area (Å²) in [5, 5.41) is 5.98. The first-order valence-corrected chi connectivity index (χ1v) is 11.4. The molecule has 2 aliphatic heterocycles. The van der Waals surface area contributed by atoms with Gasteiger partial charge >= 0.3 is 6.03 Å². The number of fused-ring (bicyclic) bond motifs is 1. The fourth-order valence-electron chi connectivity index (χ4n) is 4.62. The highest BCUT2D eigenvalue weighted by molar-refractivity contribution is 5.92. The van der Waals surface area contributed by atoms with E-state index >= 15 is 0 Å². The number of hydrogen-bond acceptors (Lipinski definition) is 4. The van der Waals surface area contributed by atoms with E-state index in [0.29, 0.717) is 6.54 Å². The van der Waals surface area contributed by atoms with Crippen LogP contribution < -0.4 is 5.32 Å². The minimum atomic E-state index is -0.799. The molecule has 0 bridgehead atoms. The van der Waals surface area contributed by atoms with Gasteiger partial charge in [-0.25, -0.2) is 19.2 Å². The number of nitrogens with zero attached hydrogens (tertiary/aromatic N) is 4. The normalized spacial score (nSPS) is 21.1. The fraction of sp³-hybridized carbons (Fsp3) is 0.400. The van der Waals surface area contributed by atoms with E-state index in [2.05, 4.69) is 5.32 Å². The quantitative estimate of drug-likeness (QED) is 0.734. The van der Waals surface area contributed by atoms with Crippen molar-refractivity contribution in [2.24, 2.45) is 5.92 Å². The number of benzene rings is 2. The highest BCUT2D eigenvalue weighted by atomic mass is 19.1. The van der Waals surface area contributed by atoms with Crippen LogP contribution in [-0.2, 0) is 16.1 Å². The molecule has 0 aromatic heterocycles. The molecule has 8 nitrogen and oxygen atoms in total. The number of hydrazine groups is 1. The molecule has 0 radical (unpaired) electrons. The molecular formula is C25H30FN5O3. The Bertz CT molecular complexity index is 1050. The average molecular weight is 468 g/mol. The third-order valence-electron chi connectivity index (χ3n) is 6.10. The number of likely N-dealkylation sites (N-methyl/N-ethyl adjacent to an activating group) is 1. The summed E-state index contributed by atoms with van der Waals surface area (Å²) in [7, 11) is 1.69. The molecule has 2 saturated heterocycles. The SMILES string of the molecule is CC(C)CN1C[C@H]2N(C(=O)CN(C)N2C(=O)NCc2ccc(F)cc2)[C@@H](c2ccccc2)C1=O. The Kier molecular flexibility index (Phi) is 6.83. The number of piperazine rings is 1. The van der Waals surface area contributed by atoms with Crippen LogP contribution in [0.3, 0.4) is 0 Å². The molecule has 2 aromatic rings. The van der Waals surface area contributed by atoms with Crippen molar-refractivity contribution in [3.05, 3.63) is 71.5 Å². The standard InChI is InChI=1S/C25H30FN5O3/c1-17(2)14-29-15-21-30(23(24(29)33)19-7-5-4-6-8-19)22(32)16-28(3)31(21)25(34)27-13-18-9-11-20(26)12-10-18/h4-12,17,21,23H,13-16H2,1-3H3,(H,27,34)/t21-,23-/m0/s1. The Balaban J connectivity index is 1.64. The van der Waals surface area contributed by atoms with Crippen molar-refractivity contribution >= 4 is 17.8 Å². The Morgan fingerprint density at radius 2 is 1.76 bits per heavy atom. The van der Waals surface area contributed by atoms with Gasteiger partial charge in [0.15, 0.2) is 0 Å². The number of carbonyl (C=O) groups excluding carboxylic acids is 3. The van der Waals surface area contributed by atoms with Crippen LogP contribution in [0.25, 0.3) is 0 Å². The first-order chi connectivity index (χ1) is 16.3. The zero-order valence-corrected chi connectivity index (χ0v) is 19.6. The number of nitrogens with one attached hydrogen (secondary N) is 1. The maximum atomic E-state index is 13.5. The van der Waals surface area contributed by atoms with Crippen molar-refractivity contribution in [3.8, 4) is 0 Å². The lowest BCUT2D eigenvalue weighted by Crippen LogP contribution is -2.74. The molecule has 2 fully saturated rings. The van der Waals surface area contributed by atoms with Gasteiger partial charge in [0.2, 0.25) is 11.8 Å². The van der Waals surface area contributed by atoms with Crippen molar-refractivity contribution in [1.29, 1.82) is 0 Å². The molecule has 2 atom stereocenters. The minimum absolute atomic E-state index is 0.0265. The zero-order valence-electron chi connectivity index (χ0n) is 19.6. The topological polar surface area (TPSA) is 76.2 Å². The second-order valence-electron chi connectivity index (χ2n) is 9.18. The van der Waals surface area contributed by atoms with Crippen molar-refractivity contribution in [3.63, 3.8) is 0 Å². The van der Waals surface area contributed by atoms with Crippen LogP contribution in [0.4, 0.5) is 9.18 Å². The van der Waals surface area contributed by atoms with Gasteiger partial charge in [0.1, 0.15) is 18.0 Å². The predicted molar refractivity (Wildman–Crippen MR) is 124 cm³/mol. The van der Waals surface area contributed by atoms with E-state index in [1.54, 1.807) is 34.0 Å². The summed E-state index contributed by atoms with van der Waals surface area (Å²) in [4.78, 5) is 43.3. The van der Waals surface area contributed by atoms with E-state index in [1.807, 2.05) is 44.2 Å². The fourth-order valence-corrected chi connectivity index (χ4v) is 4.62. The van der Waals surface area contributed by atoms with Crippen molar-refractivity contribution < 1.29 is 18.8 Å². The van der Waals surface area contributed by atoms with Gasteiger partial charge in [-0.1, -0.05) is 56.3 Å². The smallest absolute Gasteiger partial charge is 0.334 e. The molecule has 0 spiro atoms. The highest BCUT2D eigenvalue weighted by Crippen LogP contribution is 2.34. The zero-order chi connectivity index (χ0) is 24.4. The first-order valence-electron chi connectivity index (χ1n) is 11.4. The van der Waals surface area contributed by atoms with E-state index in [-0.39, 0.29) is 49.2 Å². The molecule has 2 aromatic carbocycles. The van der Waals surface area contributed by atoms with Crippen LogP contribution in [0.2, 0.25) is 0 Å². The highest BCUT2D eigenvalue weighted by Gasteiger charge is 2.51. The summed E-state index contributed by atoms with van der Waals surface area (Å²) in [6.07, 6.45) is -0.652. The second-order valence-corrected chi connectivity index (χ2v) is 9.18. The van der Waals surface area contributed by atoms with Gasteiger partial charge < -0.3 is 15.1 Å². The third-order valence-corrected chi connectivity index (χ3v) is 6.10. The molecule has 180 valence electrons. The number of amides is 4. The van der Waals surface area contributed by atoms with E-state index in [4.69, 9.17) is 0 Å². The summed E-state index contributed by atoms with van der Waals surface area (Å²) in [5.74, 6) is -0.462. The van der Waals surface area contributed by atoms with Gasteiger partial charge in [-0.05, 0) is 29.2 Å². The molecule has 4 amide bonds. The lowest BCUT2D eigenvalue weighted by molar-refractivity contribution is -0.188. The molecule has 0 unspecified atom stereocenters. The number of carbonyl (C=O) groups is 3. The van der Waals surface area contributed by atoms with E-state index in [9.17, 15) is 18.8 Å². The predicted octanol–water partition coefficient (Wildman–Crippen LogP) is 2.59. The summed E-state index contributed by atoms with van der Waals surface area (Å²) >= 11 is 0. The van der Waals surface area contributed by atoms with E-state index in [0.717, 1.165) is 11.1 Å². The Morgan fingerprint density at radius 1 is 1.09 bits per heavy atom. The maximum absolute atomic E-state index is 13.5. The van der Waals surface area contributed by atoms with Crippen molar-refractivity contribution in [2.75, 3.05) is 26.7 Å². The van der Waals surface area contributed by atoms with E-state index in [1.165, 1.54) is 17.1 Å². The molecule has 1 N–H and O–H groups in total. The van der Waals surface area contributed by atoms with Gasteiger partial charge in [0, 0.05) is 20.1 Å². The number of hydrogen-bond donors (Lipinski definition) is 1. The molecule has 0 saturated carbocycles. The summed E-state index contributed by atoms with van der Waals surface area (Å²) in [6.45, 7) is 4.99. The average Bonchev–Trinajstić information content (AvgIpc) is 2.80. The largest absolute Gasteiger partial charge is 0.336 e. The number of urea groups is 1. The Morgan fingerprint density at radius 3 is 2.41 bits per heavy atom. The minimum Gasteiger partial charge on any atom is -0.336 e. The monoisotopic (exact) mass is 467 g/mol. The maximum Gasteiger partial charge on any atom is 0.334 e. The summed E-state index contributed by atoms with van der Waals surface area (Å²) in [6, 6.07) is 13.9. The molecular weight excluding hydrogens is 437 g/mol. The van der Waals surface area contributed by atoms with Crippen LogP contribution in [0.5, 0.6) is 0 Å². The number of rotatable bonds is 5. The van der Waals surface area contributed by atoms with Crippen LogP contribution >= 0.6 is 0 Å². The van der Waals surface area contributed by atoms with Gasteiger partial charge in [-0.3, -0.25) is 9.59 Å². The van der Waals surface area contributed by atoms with Gasteiger partial charge in [0.25, 0.3) is 0 Å². The summed E-state index contributed by atoms with van der Waals surface area (Å²) in [5.41, 5.74) is 1.47. The van der Waals surface area contributed by atoms with Crippen molar-refractivity contribution in [1.82, 2.24) is 25.1 Å². The molecule has 9 heteroatoms. The molecule has 2 aliphatic rings.